The normalized spacial score (nSPS) is 39.4. The maximum absolute atomic E-state index is 14.2. The fraction of sp³-hybridized carbons (Fsp3) is 0.808. The van der Waals surface area contributed by atoms with Crippen LogP contribution in [0.2, 0.25) is 0 Å². The summed E-state index contributed by atoms with van der Waals surface area (Å²) in [6.07, 6.45) is -69.3. The summed E-state index contributed by atoms with van der Waals surface area (Å²) in [5, 5.41) is 231. The van der Waals surface area contributed by atoms with Gasteiger partial charge in [0.2, 0.25) is 11.8 Å². The van der Waals surface area contributed by atoms with E-state index in [4.69, 9.17) is 75.8 Å². The smallest absolute Gasteiger partial charge is 0.238 e. The van der Waals surface area contributed by atoms with Gasteiger partial charge in [0.15, 0.2) is 44.0 Å². The van der Waals surface area contributed by atoms with Gasteiger partial charge in [-0.25, -0.2) is 9.97 Å². The number of nitrogens with zero attached hydrogens (tertiary/aromatic N) is 2. The van der Waals surface area contributed by atoms with Crippen LogP contribution in [0.5, 0.6) is 0 Å². The standard InChI is InChI=1S/C73H113N5O39S6/c1-31(84)9-15-102-17-18-103-16-10-33(85)21-32(65(100)77-13-19-120-122-42-7-3-5-11-75-42)27-118-29-40-63-49(91)56(98)72(109-40)114-61-38(25-82)105-69(52(94)45(61)87)113-60-37(24-81)108-71(55(97)48(60)90)117-64-41(30-119-28-34(74-2)66(101)78-14-20-121-123-43-8-4-6-12-76-43)110-73(57(99)50(64)92)115-62-39(26-83)106-68(53(95)46(62)88)111-58-35(22-79)104-67(51(93)44(58)86)112-59-36(23-80)107-70(116-63)54(96)47(59)89/h3-8,11-12,32,34-41,44-64,67-74,79-83,86-99H,9-10,13-30H2,1-2H3,(H,77,100)(H,78,101)/t32-,34-,35?,36?,37?,38?,39?,40?,41?,44-,45-,46-,47-,48-,49-,50-,51?,52?,53?,54?,55?,56?,57?,58-,59-,60-,61-,62+,63-,64-,67-,68-,69+,70-,71+,72-,73+/m1/s1. The molecule has 0 aliphatic carbocycles. The van der Waals surface area contributed by atoms with Crippen LogP contribution in [0, 0.1) is 5.92 Å². The number of hydrogen-bond acceptors (Lipinski definition) is 48. The topological polar surface area (TPSA) is 662 Å². The van der Waals surface area contributed by atoms with E-state index < -0.39 is 283 Å². The molecule has 14 bridgehead atoms. The highest BCUT2D eigenvalue weighted by molar-refractivity contribution is 8.77. The van der Waals surface area contributed by atoms with Crippen LogP contribution in [-0.4, -0.2) is 465 Å². The molecule has 2 aromatic heterocycles. The molecule has 2 aromatic rings. The zero-order valence-electron chi connectivity index (χ0n) is 66.6. The van der Waals surface area contributed by atoms with E-state index in [1.807, 2.05) is 18.2 Å². The average molecular weight is 1880 g/mol. The third kappa shape index (κ3) is 27.5. The summed E-state index contributed by atoms with van der Waals surface area (Å²) in [6.45, 7) is -3.37. The second-order valence-corrected chi connectivity index (χ2v) is 36.8. The largest absolute Gasteiger partial charge is 0.394 e. The summed E-state index contributed by atoms with van der Waals surface area (Å²) in [4.78, 5) is 61.3. The third-order valence-corrected chi connectivity index (χ3v) is 28.0. The number of pyridine rings is 2. The molecule has 0 aromatic carbocycles. The number of aliphatic hydroxyl groups excluding tert-OH is 19. The minimum atomic E-state index is -2.30. The summed E-state index contributed by atoms with van der Waals surface area (Å²) >= 11 is 1.96. The van der Waals surface area contributed by atoms with E-state index in [-0.39, 0.29) is 81.8 Å². The Morgan fingerprint density at radius 2 is 0.691 bits per heavy atom. The number of carbonyl (C=O) groups excluding carboxylic acids is 4. The summed E-state index contributed by atoms with van der Waals surface area (Å²) < 4.78 is 95.5. The van der Waals surface area contributed by atoms with E-state index in [0.717, 1.165) is 28.5 Å². The van der Waals surface area contributed by atoms with Crippen LogP contribution in [-0.2, 0) is 95.0 Å². The fourth-order valence-corrected chi connectivity index (χ4v) is 20.3. The molecule has 50 heteroatoms. The van der Waals surface area contributed by atoms with Crippen LogP contribution in [0.3, 0.4) is 0 Å². The molecule has 0 saturated carbocycles. The number of amides is 2. The average Bonchev–Trinajstić information content (AvgIpc) is 0.886. The molecule has 123 heavy (non-hydrogen) atoms. The second-order valence-electron chi connectivity index (χ2n) is 29.8. The Hall–Kier alpha value is -2.76. The Morgan fingerprint density at radius 3 is 0.992 bits per heavy atom. The molecule has 2 amide bonds. The zero-order chi connectivity index (χ0) is 88.7. The number of aliphatic hydroxyl groups is 19. The lowest BCUT2D eigenvalue weighted by molar-refractivity contribution is -0.395. The van der Waals surface area contributed by atoms with Crippen molar-refractivity contribution >= 4 is 90.1 Å². The van der Waals surface area contributed by atoms with Gasteiger partial charge in [-0.1, -0.05) is 33.7 Å². The molecule has 21 aliphatic rings. The maximum Gasteiger partial charge on any atom is 0.238 e. The molecular formula is C73H113N5O39S6. The molecule has 44 nitrogen and oxygen atoms in total. The first-order valence-corrected chi connectivity index (χ1v) is 46.8. The number of thioether (sulfide) groups is 2. The minimum absolute atomic E-state index is 0.0233. The van der Waals surface area contributed by atoms with E-state index in [1.54, 1.807) is 30.6 Å². The molecule has 0 spiro atoms. The predicted molar refractivity (Wildman–Crippen MR) is 428 cm³/mol. The fourth-order valence-electron chi connectivity index (χ4n) is 14.3. The van der Waals surface area contributed by atoms with Crippen molar-refractivity contribution in [1.82, 2.24) is 25.9 Å². The SMILES string of the molecule is CN[C@H](CSCC1O[C@H]2O[C@H]3C(CO)O[C@H](O[C@@H]4C(CO)O[C@H](O[C@@H]5C(CO)O[C@H](O[C@@H]6C(CSC[C@@H](CC(=O)CCOCCOCCC(C)=O)C(=O)NCCSSc7ccccn7)O[C@H](O[C@@H]7C(CO)O[C@@H](O[C@@H]8C(CO)O[C@@H](O[C@H]1[C@H](O)C2O)C(O)[C@H]8O)C(O)[C@H]7O)C(O)[C@H]6O)C(O)[C@H]5O)C(O)[C@H]4O)C(O)[C@H]3O)C(=O)NCCSSc1ccccn1. The number of ketones is 2. The van der Waals surface area contributed by atoms with E-state index in [2.05, 4.69) is 25.9 Å². The van der Waals surface area contributed by atoms with Gasteiger partial charge in [0.1, 0.15) is 180 Å². The number of ether oxygens (including phenoxy) is 16. The van der Waals surface area contributed by atoms with E-state index >= 15 is 0 Å². The number of hydrogen-bond donors (Lipinski definition) is 22. The van der Waals surface area contributed by atoms with Crippen LogP contribution in [0.25, 0.3) is 0 Å². The molecular weight excluding hydrogens is 1760 g/mol. The lowest BCUT2D eigenvalue weighted by atomic mass is 9.95. The van der Waals surface area contributed by atoms with Gasteiger partial charge in [0, 0.05) is 79.3 Å². The van der Waals surface area contributed by atoms with E-state index in [9.17, 15) is 116 Å². The first-order valence-electron chi connectivity index (χ1n) is 39.8. The van der Waals surface area contributed by atoms with Crippen LogP contribution in [0.4, 0.5) is 0 Å². The zero-order valence-corrected chi connectivity index (χ0v) is 71.5. The summed E-state index contributed by atoms with van der Waals surface area (Å²) in [5.41, 5.74) is 0. The van der Waals surface area contributed by atoms with Crippen LogP contribution in [0.1, 0.15) is 26.2 Å². The number of Topliss-reactive ketones (excluding diaryl/α,β-unsaturated/α-hetero) is 2. The molecule has 21 fully saturated rings. The van der Waals surface area contributed by atoms with Crippen molar-refractivity contribution < 1.29 is 192 Å². The van der Waals surface area contributed by atoms with Gasteiger partial charge in [-0.3, -0.25) is 19.2 Å². The number of carbonyl (C=O) groups is 4. The molecule has 21 saturated heterocycles. The summed E-state index contributed by atoms with van der Waals surface area (Å²) in [6, 6.07) is 9.91. The maximum atomic E-state index is 14.2. The quantitative estimate of drug-likeness (QED) is 0.0221. The highest BCUT2D eigenvalue weighted by atomic mass is 33.1. The Balaban J connectivity index is 0.912. The van der Waals surface area contributed by atoms with E-state index in [0.29, 0.717) is 16.5 Å². The number of rotatable bonds is 37. The molecule has 23 rings (SSSR count). The van der Waals surface area contributed by atoms with Crippen molar-refractivity contribution in [2.75, 3.05) is 114 Å². The molecule has 14 unspecified atom stereocenters. The second kappa shape index (κ2) is 50.8. The highest BCUT2D eigenvalue weighted by Gasteiger charge is 2.60. The Labute approximate surface area is 730 Å². The molecule has 0 radical (unpaired) electrons. The van der Waals surface area contributed by atoms with Crippen molar-refractivity contribution in [2.24, 2.45) is 5.92 Å². The van der Waals surface area contributed by atoms with Gasteiger partial charge in [0.25, 0.3) is 0 Å². The van der Waals surface area contributed by atoms with Crippen LogP contribution in [0.15, 0.2) is 58.8 Å². The van der Waals surface area contributed by atoms with Crippen molar-refractivity contribution in [3.63, 3.8) is 0 Å². The molecule has 37 atom stereocenters. The third-order valence-electron chi connectivity index (χ3n) is 21.1. The molecule has 22 N–H and O–H groups in total. The summed E-state index contributed by atoms with van der Waals surface area (Å²) in [7, 11) is 7.12. The van der Waals surface area contributed by atoms with E-state index in [1.165, 1.54) is 57.1 Å². The lowest BCUT2D eigenvalue weighted by Crippen LogP contribution is -2.68. The number of likely N-dealkylation sites (N-methyl/N-ethyl adjacent to an activating group) is 1. The van der Waals surface area contributed by atoms with Gasteiger partial charge in [-0.2, -0.15) is 23.5 Å². The van der Waals surface area contributed by atoms with Crippen molar-refractivity contribution in [2.45, 2.75) is 257 Å². The minimum Gasteiger partial charge on any atom is -0.394 e. The monoisotopic (exact) mass is 1880 g/mol. The molecule has 700 valence electrons. The number of aromatic nitrogens is 2. The van der Waals surface area contributed by atoms with Gasteiger partial charge < -0.3 is 189 Å². The number of nitrogens with one attached hydrogen (secondary N) is 3. The van der Waals surface area contributed by atoms with Gasteiger partial charge >= 0.3 is 0 Å². The van der Waals surface area contributed by atoms with Crippen molar-refractivity contribution in [3.05, 3.63) is 48.8 Å². The Bertz CT molecular complexity index is 3460. The molecule has 21 aliphatic heterocycles. The highest BCUT2D eigenvalue weighted by Crippen LogP contribution is 2.41. The van der Waals surface area contributed by atoms with Crippen LogP contribution >= 0.6 is 66.7 Å². The summed E-state index contributed by atoms with van der Waals surface area (Å²) in [5.74, 6) is -2.59. The van der Waals surface area contributed by atoms with Crippen LogP contribution < -0.4 is 16.0 Å². The van der Waals surface area contributed by atoms with Gasteiger partial charge in [0.05, 0.1) is 83.6 Å². The predicted octanol–water partition coefficient (Wildman–Crippen LogP) is -9.28. The van der Waals surface area contributed by atoms with Crippen molar-refractivity contribution in [1.29, 1.82) is 0 Å². The van der Waals surface area contributed by atoms with Gasteiger partial charge in [-0.15, -0.1) is 0 Å². The first kappa shape index (κ1) is 102. The first-order chi connectivity index (χ1) is 59.1. The Kier molecular flexibility index (Phi) is 42.2. The van der Waals surface area contributed by atoms with Gasteiger partial charge in [-0.05, 0) is 59.8 Å². The molecule has 23 heterocycles. The van der Waals surface area contributed by atoms with Crippen molar-refractivity contribution in [3.8, 4) is 0 Å². The Morgan fingerprint density at radius 1 is 0.390 bits per heavy atom. The lowest BCUT2D eigenvalue weighted by Gasteiger charge is -2.50.